The topological polar surface area (TPSA) is 84.2 Å². The molecule has 1 aliphatic rings. The van der Waals surface area contributed by atoms with Crippen molar-refractivity contribution in [1.82, 2.24) is 30.2 Å². The third kappa shape index (κ3) is 2.74. The van der Waals surface area contributed by atoms with Gasteiger partial charge >= 0.3 is 0 Å². The fourth-order valence-corrected chi connectivity index (χ4v) is 2.38. The van der Waals surface area contributed by atoms with Gasteiger partial charge in [-0.15, -0.1) is 5.10 Å². The second-order valence-corrected chi connectivity index (χ2v) is 5.38. The van der Waals surface area contributed by atoms with Crippen molar-refractivity contribution in [2.75, 3.05) is 13.1 Å². The first kappa shape index (κ1) is 12.5. The van der Waals surface area contributed by atoms with Crippen LogP contribution >= 0.6 is 15.9 Å². The van der Waals surface area contributed by atoms with E-state index in [4.69, 9.17) is 0 Å². The Labute approximate surface area is 117 Å². The first-order valence-corrected chi connectivity index (χ1v) is 6.91. The van der Waals surface area contributed by atoms with Crippen LogP contribution in [0, 0.1) is 0 Å². The van der Waals surface area contributed by atoms with Gasteiger partial charge in [-0.3, -0.25) is 4.79 Å². The maximum Gasteiger partial charge on any atom is 0.291 e. The van der Waals surface area contributed by atoms with E-state index in [9.17, 15) is 4.79 Å². The number of nitrogens with zero attached hydrogens (tertiary/aromatic N) is 4. The Hall–Kier alpha value is -1.54. The molecule has 1 fully saturated rings. The summed E-state index contributed by atoms with van der Waals surface area (Å²) in [5, 5.41) is 10.3. The van der Waals surface area contributed by atoms with Crippen molar-refractivity contribution in [3.8, 4) is 0 Å². The highest BCUT2D eigenvalue weighted by Gasteiger charge is 2.19. The summed E-state index contributed by atoms with van der Waals surface area (Å²) in [6.45, 7) is 1.81. The van der Waals surface area contributed by atoms with Crippen molar-refractivity contribution in [2.45, 2.75) is 18.9 Å². The molecule has 1 atom stereocenters. The van der Waals surface area contributed by atoms with Crippen LogP contribution in [0.4, 0.5) is 0 Å². The molecule has 19 heavy (non-hydrogen) atoms. The van der Waals surface area contributed by atoms with E-state index in [2.05, 4.69) is 41.6 Å². The van der Waals surface area contributed by atoms with Gasteiger partial charge in [0, 0.05) is 25.0 Å². The average molecular weight is 325 g/mol. The average Bonchev–Trinajstić information content (AvgIpc) is 2.83. The number of aromatic nitrogens is 4. The SMILES string of the molecule is O=C(N[C@H]1CCCNC1)c1nc2ncc(Br)cn2n1. The molecule has 0 saturated carbocycles. The van der Waals surface area contributed by atoms with Crippen molar-refractivity contribution < 1.29 is 4.79 Å². The lowest BCUT2D eigenvalue weighted by Gasteiger charge is -2.23. The van der Waals surface area contributed by atoms with Gasteiger partial charge < -0.3 is 10.6 Å². The Morgan fingerprint density at radius 2 is 2.47 bits per heavy atom. The van der Waals surface area contributed by atoms with Crippen molar-refractivity contribution in [3.05, 3.63) is 22.7 Å². The van der Waals surface area contributed by atoms with Gasteiger partial charge in [0.05, 0.1) is 4.47 Å². The largest absolute Gasteiger partial charge is 0.345 e. The second kappa shape index (κ2) is 5.22. The highest BCUT2D eigenvalue weighted by molar-refractivity contribution is 9.10. The summed E-state index contributed by atoms with van der Waals surface area (Å²) in [5.41, 5.74) is 0. The highest BCUT2D eigenvalue weighted by Crippen LogP contribution is 2.08. The Bertz CT molecular complexity index is 606. The molecule has 8 heteroatoms. The van der Waals surface area contributed by atoms with Crippen LogP contribution in [0.25, 0.3) is 5.78 Å². The molecule has 100 valence electrons. The minimum Gasteiger partial charge on any atom is -0.345 e. The number of piperidine rings is 1. The van der Waals surface area contributed by atoms with Gasteiger partial charge in [0.2, 0.25) is 5.82 Å². The molecular weight excluding hydrogens is 312 g/mol. The molecule has 2 N–H and O–H groups in total. The molecule has 0 unspecified atom stereocenters. The summed E-state index contributed by atoms with van der Waals surface area (Å²) in [6.07, 6.45) is 5.39. The fraction of sp³-hybridized carbons (Fsp3) is 0.455. The van der Waals surface area contributed by atoms with E-state index in [-0.39, 0.29) is 17.8 Å². The van der Waals surface area contributed by atoms with Gasteiger partial charge in [0.25, 0.3) is 11.7 Å². The molecule has 0 radical (unpaired) electrons. The molecule has 1 saturated heterocycles. The molecule has 1 amide bonds. The number of nitrogens with one attached hydrogen (secondary N) is 2. The Morgan fingerprint density at radius 3 is 3.26 bits per heavy atom. The standard InChI is InChI=1S/C11H13BrN6O/c12-7-4-14-11-16-9(17-18(11)6-7)10(19)15-8-2-1-3-13-5-8/h4,6,8,13H,1-3,5H2,(H,15,19)/t8-/m0/s1. The minimum atomic E-state index is -0.254. The number of rotatable bonds is 2. The number of hydrogen-bond donors (Lipinski definition) is 2. The monoisotopic (exact) mass is 324 g/mol. The van der Waals surface area contributed by atoms with Crippen molar-refractivity contribution in [2.24, 2.45) is 0 Å². The lowest BCUT2D eigenvalue weighted by molar-refractivity contribution is 0.0920. The predicted molar refractivity (Wildman–Crippen MR) is 71.8 cm³/mol. The molecule has 2 aromatic heterocycles. The zero-order valence-electron chi connectivity index (χ0n) is 10.1. The van der Waals surface area contributed by atoms with E-state index in [1.165, 1.54) is 4.52 Å². The number of fused-ring (bicyclic) bond motifs is 1. The molecule has 2 aromatic rings. The second-order valence-electron chi connectivity index (χ2n) is 4.47. The third-order valence-electron chi connectivity index (χ3n) is 3.00. The van der Waals surface area contributed by atoms with Crippen molar-refractivity contribution >= 4 is 27.6 Å². The number of carbonyl (C=O) groups is 1. The lowest BCUT2D eigenvalue weighted by Crippen LogP contribution is -2.45. The van der Waals surface area contributed by atoms with Gasteiger partial charge in [0.1, 0.15) is 0 Å². The summed E-state index contributed by atoms with van der Waals surface area (Å²) in [6, 6.07) is 0.146. The van der Waals surface area contributed by atoms with Crippen LogP contribution in [0.1, 0.15) is 23.5 Å². The lowest BCUT2D eigenvalue weighted by atomic mass is 10.1. The summed E-state index contributed by atoms with van der Waals surface area (Å²) >= 11 is 3.30. The van der Waals surface area contributed by atoms with Gasteiger partial charge in [-0.1, -0.05) is 0 Å². The van der Waals surface area contributed by atoms with Gasteiger partial charge in [-0.2, -0.15) is 4.98 Å². The third-order valence-corrected chi connectivity index (χ3v) is 3.41. The summed E-state index contributed by atoms with van der Waals surface area (Å²) in [4.78, 5) is 20.2. The maximum absolute atomic E-state index is 12.1. The number of carbonyl (C=O) groups excluding carboxylic acids is 1. The Kier molecular flexibility index (Phi) is 3.43. The van der Waals surface area contributed by atoms with Crippen molar-refractivity contribution in [3.63, 3.8) is 0 Å². The molecule has 0 spiro atoms. The molecule has 3 rings (SSSR count). The van der Waals surface area contributed by atoms with E-state index in [0.29, 0.717) is 5.78 Å². The minimum absolute atomic E-state index is 0.146. The van der Waals surface area contributed by atoms with Crippen LogP contribution in [-0.4, -0.2) is 44.6 Å². The summed E-state index contributed by atoms with van der Waals surface area (Å²) in [5.74, 6) is 0.307. The fourth-order valence-electron chi connectivity index (χ4n) is 2.08. The van der Waals surface area contributed by atoms with Crippen LogP contribution in [-0.2, 0) is 0 Å². The van der Waals surface area contributed by atoms with Crippen LogP contribution < -0.4 is 10.6 Å². The van der Waals surface area contributed by atoms with Gasteiger partial charge in [0.15, 0.2) is 0 Å². The van der Waals surface area contributed by atoms with Crippen LogP contribution in [0.15, 0.2) is 16.9 Å². The number of hydrogen-bond acceptors (Lipinski definition) is 5. The molecule has 0 bridgehead atoms. The van der Waals surface area contributed by atoms with Gasteiger partial charge in [-0.05, 0) is 35.3 Å². The zero-order chi connectivity index (χ0) is 13.2. The first-order chi connectivity index (χ1) is 9.22. The van der Waals surface area contributed by atoms with E-state index >= 15 is 0 Å². The molecule has 1 aliphatic heterocycles. The first-order valence-electron chi connectivity index (χ1n) is 6.12. The zero-order valence-corrected chi connectivity index (χ0v) is 11.7. The Balaban J connectivity index is 1.77. The van der Waals surface area contributed by atoms with E-state index < -0.39 is 0 Å². The maximum atomic E-state index is 12.1. The van der Waals surface area contributed by atoms with Crippen LogP contribution in [0.5, 0.6) is 0 Å². The van der Waals surface area contributed by atoms with E-state index in [1.54, 1.807) is 12.4 Å². The highest BCUT2D eigenvalue weighted by atomic mass is 79.9. The van der Waals surface area contributed by atoms with Crippen molar-refractivity contribution in [1.29, 1.82) is 0 Å². The van der Waals surface area contributed by atoms with Crippen LogP contribution in [0.2, 0.25) is 0 Å². The smallest absolute Gasteiger partial charge is 0.291 e. The van der Waals surface area contributed by atoms with E-state index in [1.807, 2.05) is 0 Å². The number of halogens is 1. The van der Waals surface area contributed by atoms with E-state index in [0.717, 1.165) is 30.4 Å². The van der Waals surface area contributed by atoms with Crippen LogP contribution in [0.3, 0.4) is 0 Å². The molecule has 0 aromatic carbocycles. The normalized spacial score (nSPS) is 19.5. The molecule has 0 aliphatic carbocycles. The molecule has 3 heterocycles. The quantitative estimate of drug-likeness (QED) is 0.833. The Morgan fingerprint density at radius 1 is 1.58 bits per heavy atom. The summed E-state index contributed by atoms with van der Waals surface area (Å²) < 4.78 is 2.27. The predicted octanol–water partition coefficient (Wildman–Crippen LogP) is 0.369. The molecule has 7 nitrogen and oxygen atoms in total. The van der Waals surface area contributed by atoms with Gasteiger partial charge in [-0.25, -0.2) is 9.50 Å². The molecular formula is C11H13BrN6O. The summed E-state index contributed by atoms with van der Waals surface area (Å²) in [7, 11) is 0. The number of amides is 1.